The summed E-state index contributed by atoms with van der Waals surface area (Å²) in [5, 5.41) is 2.20. The molecule has 1 aromatic carbocycles. The van der Waals surface area contributed by atoms with Gasteiger partial charge in [0.15, 0.2) is 0 Å². The molecule has 1 N–H and O–H groups in total. The smallest absolute Gasteiger partial charge is 0.272 e. The summed E-state index contributed by atoms with van der Waals surface area (Å²) < 4.78 is 27.4. The number of benzene rings is 1. The highest BCUT2D eigenvalue weighted by atomic mass is 19.1. The van der Waals surface area contributed by atoms with Crippen LogP contribution in [0, 0.1) is 11.6 Å². The molecule has 2 aromatic rings. The van der Waals surface area contributed by atoms with E-state index in [0.717, 1.165) is 25.2 Å². The maximum atomic E-state index is 13.7. The standard InChI is InChI=1S/C18H18F2N4O2/c1-23-7-9-24(10-8-23)18(26)15-11-12(5-6-21-15)17(25)22-16-13(19)3-2-4-14(16)20/h2-6,11H,7-10H2,1H3,(H,22,25). The van der Waals surface area contributed by atoms with Gasteiger partial charge in [-0.2, -0.15) is 0 Å². The van der Waals surface area contributed by atoms with Gasteiger partial charge in [-0.25, -0.2) is 8.78 Å². The number of pyridine rings is 1. The summed E-state index contributed by atoms with van der Waals surface area (Å²) in [4.78, 5) is 32.7. The average molecular weight is 360 g/mol. The highest BCUT2D eigenvalue weighted by molar-refractivity contribution is 6.05. The van der Waals surface area contributed by atoms with Gasteiger partial charge in [0.25, 0.3) is 11.8 Å². The summed E-state index contributed by atoms with van der Waals surface area (Å²) >= 11 is 0. The molecule has 0 radical (unpaired) electrons. The van der Waals surface area contributed by atoms with Crippen molar-refractivity contribution in [2.45, 2.75) is 0 Å². The van der Waals surface area contributed by atoms with Crippen LogP contribution in [-0.4, -0.2) is 59.8 Å². The lowest BCUT2D eigenvalue weighted by atomic mass is 10.2. The summed E-state index contributed by atoms with van der Waals surface area (Å²) in [7, 11) is 1.98. The Hall–Kier alpha value is -2.87. The minimum absolute atomic E-state index is 0.0973. The molecule has 26 heavy (non-hydrogen) atoms. The van der Waals surface area contributed by atoms with Crippen molar-refractivity contribution in [3.05, 3.63) is 59.4 Å². The van der Waals surface area contributed by atoms with E-state index in [-0.39, 0.29) is 17.2 Å². The summed E-state index contributed by atoms with van der Waals surface area (Å²) in [6.07, 6.45) is 1.33. The highest BCUT2D eigenvalue weighted by Gasteiger charge is 2.22. The van der Waals surface area contributed by atoms with Crippen LogP contribution in [0.4, 0.5) is 14.5 Å². The van der Waals surface area contributed by atoms with Crippen LogP contribution >= 0.6 is 0 Å². The van der Waals surface area contributed by atoms with Crippen LogP contribution in [0.5, 0.6) is 0 Å². The largest absolute Gasteiger partial charge is 0.335 e. The molecule has 6 nitrogen and oxygen atoms in total. The zero-order valence-electron chi connectivity index (χ0n) is 14.2. The average Bonchev–Trinajstić information content (AvgIpc) is 2.65. The van der Waals surface area contributed by atoms with Gasteiger partial charge in [0.05, 0.1) is 0 Å². The molecular formula is C18H18F2N4O2. The third-order valence-electron chi connectivity index (χ3n) is 4.23. The first-order chi connectivity index (χ1) is 12.5. The van der Waals surface area contributed by atoms with Crippen LogP contribution in [-0.2, 0) is 0 Å². The monoisotopic (exact) mass is 360 g/mol. The molecule has 0 saturated carbocycles. The maximum absolute atomic E-state index is 13.7. The Balaban J connectivity index is 1.76. The van der Waals surface area contributed by atoms with Crippen LogP contribution < -0.4 is 5.32 Å². The van der Waals surface area contributed by atoms with Gasteiger partial charge in [-0.05, 0) is 31.3 Å². The first-order valence-electron chi connectivity index (χ1n) is 8.15. The Kier molecular flexibility index (Phi) is 5.22. The van der Waals surface area contributed by atoms with Crippen molar-refractivity contribution in [2.24, 2.45) is 0 Å². The Labute approximate surface area is 149 Å². The Morgan fingerprint density at radius 1 is 1.08 bits per heavy atom. The molecule has 1 saturated heterocycles. The fourth-order valence-electron chi connectivity index (χ4n) is 2.66. The normalized spacial score (nSPS) is 15.0. The first kappa shape index (κ1) is 17.9. The highest BCUT2D eigenvalue weighted by Crippen LogP contribution is 2.19. The van der Waals surface area contributed by atoms with Crippen molar-refractivity contribution in [2.75, 3.05) is 38.5 Å². The maximum Gasteiger partial charge on any atom is 0.272 e. The third kappa shape index (κ3) is 3.85. The van der Waals surface area contributed by atoms with Crippen LogP contribution in [0.3, 0.4) is 0 Å². The van der Waals surface area contributed by atoms with Crippen molar-refractivity contribution in [1.29, 1.82) is 0 Å². The van der Waals surface area contributed by atoms with Gasteiger partial charge < -0.3 is 15.1 Å². The minimum Gasteiger partial charge on any atom is -0.335 e. The van der Waals surface area contributed by atoms with Gasteiger partial charge in [0.1, 0.15) is 23.0 Å². The molecule has 3 rings (SSSR count). The second kappa shape index (κ2) is 7.57. The number of nitrogens with zero attached hydrogens (tertiary/aromatic N) is 3. The van der Waals surface area contributed by atoms with Crippen molar-refractivity contribution in [3.63, 3.8) is 0 Å². The molecule has 0 unspecified atom stereocenters. The number of anilines is 1. The summed E-state index contributed by atoms with van der Waals surface area (Å²) in [6, 6.07) is 6.02. The number of rotatable bonds is 3. The molecule has 1 aliphatic rings. The fraction of sp³-hybridized carbons (Fsp3) is 0.278. The summed E-state index contributed by atoms with van der Waals surface area (Å²) in [5.41, 5.74) is -0.308. The van der Waals surface area contributed by atoms with E-state index in [1.165, 1.54) is 24.4 Å². The Bertz CT molecular complexity index is 815. The van der Waals surface area contributed by atoms with Crippen molar-refractivity contribution < 1.29 is 18.4 Å². The predicted molar refractivity (Wildman–Crippen MR) is 91.9 cm³/mol. The van der Waals surface area contributed by atoms with E-state index in [4.69, 9.17) is 0 Å². The third-order valence-corrected chi connectivity index (χ3v) is 4.23. The molecule has 0 atom stereocenters. The van der Waals surface area contributed by atoms with Crippen LogP contribution in [0.25, 0.3) is 0 Å². The molecule has 8 heteroatoms. The molecule has 1 aliphatic heterocycles. The van der Waals surface area contributed by atoms with Gasteiger partial charge >= 0.3 is 0 Å². The van der Waals surface area contributed by atoms with Gasteiger partial charge in [-0.15, -0.1) is 0 Å². The lowest BCUT2D eigenvalue weighted by Gasteiger charge is -2.32. The second-order valence-electron chi connectivity index (χ2n) is 6.08. The predicted octanol–water partition coefficient (Wildman–Crippen LogP) is 2.00. The molecule has 1 fully saturated rings. The van der Waals surface area contributed by atoms with Gasteiger partial charge in [-0.1, -0.05) is 6.07 Å². The number of carbonyl (C=O) groups excluding carboxylic acids is 2. The lowest BCUT2D eigenvalue weighted by molar-refractivity contribution is 0.0658. The van der Waals surface area contributed by atoms with Gasteiger partial charge in [0, 0.05) is 37.9 Å². The Morgan fingerprint density at radius 3 is 2.38 bits per heavy atom. The number of hydrogen-bond acceptors (Lipinski definition) is 4. The SMILES string of the molecule is CN1CCN(C(=O)c2cc(C(=O)Nc3c(F)cccc3F)ccn2)CC1. The quantitative estimate of drug-likeness (QED) is 0.909. The zero-order chi connectivity index (χ0) is 18.7. The number of amides is 2. The molecule has 0 spiro atoms. The van der Waals surface area contributed by atoms with E-state index in [9.17, 15) is 18.4 Å². The molecule has 2 amide bonds. The van der Waals surface area contributed by atoms with E-state index in [2.05, 4.69) is 15.2 Å². The van der Waals surface area contributed by atoms with Crippen LogP contribution in [0.15, 0.2) is 36.5 Å². The van der Waals surface area contributed by atoms with Crippen LogP contribution in [0.1, 0.15) is 20.8 Å². The van der Waals surface area contributed by atoms with Gasteiger partial charge in [0.2, 0.25) is 0 Å². The van der Waals surface area contributed by atoms with Crippen molar-refractivity contribution in [1.82, 2.24) is 14.8 Å². The van der Waals surface area contributed by atoms with Gasteiger partial charge in [-0.3, -0.25) is 14.6 Å². The molecular weight excluding hydrogens is 342 g/mol. The molecule has 1 aromatic heterocycles. The first-order valence-corrected chi connectivity index (χ1v) is 8.15. The van der Waals surface area contributed by atoms with E-state index in [1.54, 1.807) is 4.90 Å². The van der Waals surface area contributed by atoms with Crippen molar-refractivity contribution >= 4 is 17.5 Å². The molecule has 0 aliphatic carbocycles. The molecule has 136 valence electrons. The molecule has 2 heterocycles. The number of piperazine rings is 1. The van der Waals surface area contributed by atoms with E-state index in [0.29, 0.717) is 13.1 Å². The van der Waals surface area contributed by atoms with Crippen molar-refractivity contribution in [3.8, 4) is 0 Å². The Morgan fingerprint density at radius 2 is 1.73 bits per heavy atom. The minimum atomic E-state index is -0.874. The van der Waals surface area contributed by atoms with E-state index >= 15 is 0 Å². The number of para-hydroxylation sites is 1. The second-order valence-corrected chi connectivity index (χ2v) is 6.08. The van der Waals surface area contributed by atoms with Crippen LogP contribution in [0.2, 0.25) is 0 Å². The van der Waals surface area contributed by atoms with E-state index in [1.807, 2.05) is 7.05 Å². The van der Waals surface area contributed by atoms with E-state index < -0.39 is 23.2 Å². The zero-order valence-corrected chi connectivity index (χ0v) is 14.2. The summed E-state index contributed by atoms with van der Waals surface area (Å²) in [6.45, 7) is 2.68. The number of hydrogen-bond donors (Lipinski definition) is 1. The summed E-state index contributed by atoms with van der Waals surface area (Å²) in [5.74, 6) is -2.74. The number of nitrogens with one attached hydrogen (secondary N) is 1. The topological polar surface area (TPSA) is 65.5 Å². The number of halogens is 2. The lowest BCUT2D eigenvalue weighted by Crippen LogP contribution is -2.47. The fourth-order valence-corrected chi connectivity index (χ4v) is 2.66. The number of aromatic nitrogens is 1. The number of carbonyl (C=O) groups is 2. The molecule has 0 bridgehead atoms. The number of likely N-dealkylation sites (N-methyl/N-ethyl adjacent to an activating group) is 1.